The fraction of sp³-hybridized carbons (Fsp3) is 0.286. The maximum absolute atomic E-state index is 5.15. The molecular weight excluding hydrogens is 240 g/mol. The van der Waals surface area contributed by atoms with Crippen molar-refractivity contribution >= 4 is 11.8 Å². The van der Waals surface area contributed by atoms with Crippen LogP contribution in [0.5, 0.6) is 5.75 Å². The summed E-state index contributed by atoms with van der Waals surface area (Å²) in [5.41, 5.74) is 1.17. The molecule has 0 radical (unpaired) electrons. The first-order valence-corrected chi connectivity index (χ1v) is 6.14. The molecule has 1 aromatic carbocycles. The van der Waals surface area contributed by atoms with E-state index in [1.54, 1.807) is 20.4 Å². The third-order valence-electron chi connectivity index (χ3n) is 2.86. The highest BCUT2D eigenvalue weighted by molar-refractivity contribution is 5.42. The predicted octanol–water partition coefficient (Wildman–Crippen LogP) is 2.70. The van der Waals surface area contributed by atoms with E-state index in [9.17, 15) is 0 Å². The van der Waals surface area contributed by atoms with Crippen molar-refractivity contribution in [3.63, 3.8) is 0 Å². The topological polar surface area (TPSA) is 59.1 Å². The van der Waals surface area contributed by atoms with Crippen molar-refractivity contribution in [1.82, 2.24) is 9.97 Å². The molecular formula is C14H18N4O. The number of benzene rings is 1. The third kappa shape index (κ3) is 3.34. The molecule has 0 fully saturated rings. The van der Waals surface area contributed by atoms with Crippen LogP contribution in [0.25, 0.3) is 0 Å². The number of ether oxygens (including phenoxy) is 1. The van der Waals surface area contributed by atoms with Gasteiger partial charge in [-0.3, -0.25) is 0 Å². The average molecular weight is 258 g/mol. The second-order valence-electron chi connectivity index (χ2n) is 4.15. The van der Waals surface area contributed by atoms with Crippen molar-refractivity contribution in [3.05, 3.63) is 42.1 Å². The smallest absolute Gasteiger partial charge is 0.224 e. The van der Waals surface area contributed by atoms with Gasteiger partial charge in [0.05, 0.1) is 7.11 Å². The summed E-state index contributed by atoms with van der Waals surface area (Å²) >= 11 is 0. The highest BCUT2D eigenvalue weighted by Crippen LogP contribution is 2.20. The van der Waals surface area contributed by atoms with Gasteiger partial charge in [-0.1, -0.05) is 12.1 Å². The summed E-state index contributed by atoms with van der Waals surface area (Å²) in [5.74, 6) is 2.25. The van der Waals surface area contributed by atoms with Crippen LogP contribution in [0.3, 0.4) is 0 Å². The van der Waals surface area contributed by atoms with E-state index < -0.39 is 0 Å². The molecule has 1 unspecified atom stereocenters. The lowest BCUT2D eigenvalue weighted by Gasteiger charge is -2.15. The SMILES string of the molecule is CNc1nccc(NC(C)c2ccc(OC)cc2)n1. The van der Waals surface area contributed by atoms with Gasteiger partial charge in [0.15, 0.2) is 0 Å². The summed E-state index contributed by atoms with van der Waals surface area (Å²) < 4.78 is 5.15. The van der Waals surface area contributed by atoms with Crippen LogP contribution >= 0.6 is 0 Å². The Kier molecular flexibility index (Phi) is 4.18. The van der Waals surface area contributed by atoms with Crippen LogP contribution in [0.2, 0.25) is 0 Å². The largest absolute Gasteiger partial charge is 0.497 e. The lowest BCUT2D eigenvalue weighted by molar-refractivity contribution is 0.414. The van der Waals surface area contributed by atoms with E-state index in [0.717, 1.165) is 11.6 Å². The Labute approximate surface area is 113 Å². The molecule has 2 N–H and O–H groups in total. The summed E-state index contributed by atoms with van der Waals surface area (Å²) in [4.78, 5) is 8.41. The Balaban J connectivity index is 2.08. The van der Waals surface area contributed by atoms with Crippen molar-refractivity contribution in [2.45, 2.75) is 13.0 Å². The van der Waals surface area contributed by atoms with Gasteiger partial charge >= 0.3 is 0 Å². The molecule has 1 atom stereocenters. The highest BCUT2D eigenvalue weighted by atomic mass is 16.5. The minimum Gasteiger partial charge on any atom is -0.497 e. The molecule has 1 aromatic heterocycles. The summed E-state index contributed by atoms with van der Waals surface area (Å²) in [7, 11) is 3.46. The number of aromatic nitrogens is 2. The average Bonchev–Trinajstić information content (AvgIpc) is 2.47. The highest BCUT2D eigenvalue weighted by Gasteiger charge is 2.06. The van der Waals surface area contributed by atoms with Crippen molar-refractivity contribution in [1.29, 1.82) is 0 Å². The molecule has 0 amide bonds. The fourth-order valence-corrected chi connectivity index (χ4v) is 1.76. The summed E-state index contributed by atoms with van der Waals surface area (Å²) in [6, 6.07) is 9.98. The second kappa shape index (κ2) is 6.04. The third-order valence-corrected chi connectivity index (χ3v) is 2.86. The van der Waals surface area contributed by atoms with Crippen molar-refractivity contribution in [3.8, 4) is 5.75 Å². The minimum absolute atomic E-state index is 0.158. The molecule has 100 valence electrons. The van der Waals surface area contributed by atoms with Crippen molar-refractivity contribution < 1.29 is 4.74 Å². The Morgan fingerprint density at radius 3 is 2.53 bits per heavy atom. The second-order valence-corrected chi connectivity index (χ2v) is 4.15. The first-order valence-electron chi connectivity index (χ1n) is 6.14. The Morgan fingerprint density at radius 1 is 1.16 bits per heavy atom. The number of nitrogens with one attached hydrogen (secondary N) is 2. The molecule has 0 bridgehead atoms. The minimum atomic E-state index is 0.158. The van der Waals surface area contributed by atoms with E-state index in [4.69, 9.17) is 4.74 Å². The molecule has 0 saturated carbocycles. The van der Waals surface area contributed by atoms with Gasteiger partial charge in [-0.15, -0.1) is 0 Å². The van der Waals surface area contributed by atoms with E-state index >= 15 is 0 Å². The van der Waals surface area contributed by atoms with E-state index in [2.05, 4.69) is 27.5 Å². The monoisotopic (exact) mass is 258 g/mol. The quantitative estimate of drug-likeness (QED) is 0.863. The first kappa shape index (κ1) is 13.1. The predicted molar refractivity (Wildman–Crippen MR) is 76.6 cm³/mol. The zero-order valence-corrected chi connectivity index (χ0v) is 11.3. The molecule has 19 heavy (non-hydrogen) atoms. The van der Waals surface area contributed by atoms with Crippen LogP contribution in [-0.2, 0) is 0 Å². The number of anilines is 2. The molecule has 2 rings (SSSR count). The van der Waals surface area contributed by atoms with E-state index in [1.165, 1.54) is 5.56 Å². The van der Waals surface area contributed by atoms with Crippen molar-refractivity contribution in [2.75, 3.05) is 24.8 Å². The first-order chi connectivity index (χ1) is 9.22. The number of hydrogen-bond acceptors (Lipinski definition) is 5. The Bertz CT molecular complexity index is 527. The van der Waals surface area contributed by atoms with Gasteiger partial charge in [-0.2, -0.15) is 4.98 Å². The van der Waals surface area contributed by atoms with E-state index in [-0.39, 0.29) is 6.04 Å². The molecule has 0 saturated heterocycles. The van der Waals surface area contributed by atoms with Crippen LogP contribution < -0.4 is 15.4 Å². The molecule has 0 aliphatic heterocycles. The maximum atomic E-state index is 5.15. The Morgan fingerprint density at radius 2 is 1.89 bits per heavy atom. The maximum Gasteiger partial charge on any atom is 0.224 e. The van der Waals surface area contributed by atoms with Crippen LogP contribution in [-0.4, -0.2) is 24.1 Å². The van der Waals surface area contributed by atoms with Gasteiger partial charge in [0.2, 0.25) is 5.95 Å². The van der Waals surface area contributed by atoms with Gasteiger partial charge in [0, 0.05) is 19.3 Å². The number of nitrogens with zero attached hydrogens (tertiary/aromatic N) is 2. The lowest BCUT2D eigenvalue weighted by atomic mass is 10.1. The summed E-state index contributed by atoms with van der Waals surface area (Å²) in [6.07, 6.45) is 1.72. The normalized spacial score (nSPS) is 11.7. The van der Waals surface area contributed by atoms with Crippen LogP contribution in [0, 0.1) is 0 Å². The summed E-state index contributed by atoms with van der Waals surface area (Å²) in [5, 5.41) is 6.26. The standard InChI is InChI=1S/C14H18N4O/c1-10(11-4-6-12(19-3)7-5-11)17-13-8-9-16-14(15-2)18-13/h4-10H,1-3H3,(H2,15,16,17,18). The number of hydrogen-bond donors (Lipinski definition) is 2. The van der Waals surface area contributed by atoms with Gasteiger partial charge in [0.25, 0.3) is 0 Å². The molecule has 0 aliphatic rings. The van der Waals surface area contributed by atoms with Gasteiger partial charge in [-0.05, 0) is 30.7 Å². The lowest BCUT2D eigenvalue weighted by Crippen LogP contribution is -2.09. The van der Waals surface area contributed by atoms with Crippen molar-refractivity contribution in [2.24, 2.45) is 0 Å². The van der Waals surface area contributed by atoms with Gasteiger partial charge in [0.1, 0.15) is 11.6 Å². The molecule has 0 spiro atoms. The van der Waals surface area contributed by atoms with Gasteiger partial charge in [-0.25, -0.2) is 4.98 Å². The van der Waals surface area contributed by atoms with Gasteiger partial charge < -0.3 is 15.4 Å². The molecule has 0 aliphatic carbocycles. The molecule has 1 heterocycles. The van der Waals surface area contributed by atoms with Crippen LogP contribution in [0.4, 0.5) is 11.8 Å². The molecule has 5 nitrogen and oxygen atoms in total. The van der Waals surface area contributed by atoms with E-state index in [1.807, 2.05) is 30.3 Å². The fourth-order valence-electron chi connectivity index (χ4n) is 1.76. The van der Waals surface area contributed by atoms with E-state index in [0.29, 0.717) is 5.95 Å². The molecule has 5 heteroatoms. The Hall–Kier alpha value is -2.30. The number of rotatable bonds is 5. The zero-order valence-electron chi connectivity index (χ0n) is 11.3. The van der Waals surface area contributed by atoms with Crippen LogP contribution in [0.15, 0.2) is 36.5 Å². The molecule has 2 aromatic rings. The van der Waals surface area contributed by atoms with Crippen LogP contribution in [0.1, 0.15) is 18.5 Å². The zero-order chi connectivity index (χ0) is 13.7. The number of methoxy groups -OCH3 is 1. The summed E-state index contributed by atoms with van der Waals surface area (Å²) in [6.45, 7) is 2.09.